The Labute approximate surface area is 76.5 Å². The van der Waals surface area contributed by atoms with E-state index in [-0.39, 0.29) is 5.54 Å². The van der Waals surface area contributed by atoms with Gasteiger partial charge in [-0.2, -0.15) is 0 Å². The molecule has 70 valence electrons. The molecule has 0 spiro atoms. The molecule has 1 aliphatic heterocycles. The van der Waals surface area contributed by atoms with E-state index < -0.39 is 0 Å². The highest BCUT2D eigenvalue weighted by molar-refractivity contribution is 5.19. The van der Waals surface area contributed by atoms with Gasteiger partial charge in [-0.3, -0.25) is 4.90 Å². The van der Waals surface area contributed by atoms with Gasteiger partial charge >= 0.3 is 0 Å². The lowest BCUT2D eigenvalue weighted by Crippen LogP contribution is -2.54. The first-order valence-electron chi connectivity index (χ1n) is 4.68. The summed E-state index contributed by atoms with van der Waals surface area (Å²) in [6.07, 6.45) is 3.56. The fourth-order valence-corrected chi connectivity index (χ4v) is 2.33. The van der Waals surface area contributed by atoms with Crippen LogP contribution in [0.2, 0.25) is 0 Å². The maximum atomic E-state index is 2.45. The molecule has 0 unspecified atom stereocenters. The lowest BCUT2D eigenvalue weighted by Gasteiger charge is -2.49. The summed E-state index contributed by atoms with van der Waals surface area (Å²) in [5, 5.41) is 0. The third-order valence-corrected chi connectivity index (χ3v) is 3.08. The van der Waals surface area contributed by atoms with Crippen LogP contribution in [0.1, 0.15) is 41.0 Å². The van der Waals surface area contributed by atoms with Gasteiger partial charge in [-0.15, -0.1) is 0 Å². The van der Waals surface area contributed by atoms with Crippen LogP contribution in [0.15, 0.2) is 11.6 Å². The summed E-state index contributed by atoms with van der Waals surface area (Å²) in [5.74, 6) is 0. The van der Waals surface area contributed by atoms with Gasteiger partial charge in [0.15, 0.2) is 0 Å². The molecule has 1 aliphatic rings. The predicted molar refractivity (Wildman–Crippen MR) is 54.3 cm³/mol. The minimum atomic E-state index is 0.214. The SMILES string of the molecule is CC1=CC(C)(C)N(C)C(C)(C)C1. The van der Waals surface area contributed by atoms with Crippen molar-refractivity contribution >= 4 is 0 Å². The van der Waals surface area contributed by atoms with Crippen LogP contribution in [0, 0.1) is 0 Å². The molecule has 0 aromatic rings. The molecule has 12 heavy (non-hydrogen) atoms. The van der Waals surface area contributed by atoms with Gasteiger partial charge in [0.1, 0.15) is 0 Å². The maximum Gasteiger partial charge on any atom is 0.0339 e. The van der Waals surface area contributed by atoms with Gasteiger partial charge in [0, 0.05) is 11.1 Å². The largest absolute Gasteiger partial charge is 0.292 e. The first-order chi connectivity index (χ1) is 5.26. The van der Waals surface area contributed by atoms with Crippen molar-refractivity contribution in [3.63, 3.8) is 0 Å². The van der Waals surface area contributed by atoms with E-state index in [1.165, 1.54) is 12.0 Å². The molecule has 0 bridgehead atoms. The first-order valence-corrected chi connectivity index (χ1v) is 4.68. The van der Waals surface area contributed by atoms with Crippen LogP contribution in [0.25, 0.3) is 0 Å². The Morgan fingerprint density at radius 3 is 2.17 bits per heavy atom. The smallest absolute Gasteiger partial charge is 0.0339 e. The molecule has 1 heteroatoms. The average Bonchev–Trinajstić information content (AvgIpc) is 1.80. The second kappa shape index (κ2) is 2.59. The van der Waals surface area contributed by atoms with Crippen LogP contribution < -0.4 is 0 Å². The lowest BCUT2D eigenvalue weighted by atomic mass is 9.82. The van der Waals surface area contributed by atoms with Crippen LogP contribution in [0.3, 0.4) is 0 Å². The molecular weight excluding hydrogens is 146 g/mol. The van der Waals surface area contributed by atoms with Crippen LogP contribution in [-0.2, 0) is 0 Å². The first kappa shape index (κ1) is 9.79. The Bertz CT molecular complexity index is 211. The molecule has 1 heterocycles. The van der Waals surface area contributed by atoms with Crippen molar-refractivity contribution in [3.05, 3.63) is 11.6 Å². The fraction of sp³-hybridized carbons (Fsp3) is 0.818. The Balaban J connectivity index is 3.02. The standard InChI is InChI=1S/C11H21N/c1-9-7-10(2,3)12(6)11(4,5)8-9/h7H,8H2,1-6H3. The molecule has 0 fully saturated rings. The van der Waals surface area contributed by atoms with Crippen molar-refractivity contribution in [2.45, 2.75) is 52.1 Å². The average molecular weight is 167 g/mol. The summed E-state index contributed by atoms with van der Waals surface area (Å²) >= 11 is 0. The predicted octanol–water partition coefficient (Wildman–Crippen LogP) is 2.83. The van der Waals surface area contributed by atoms with Crippen molar-refractivity contribution in [3.8, 4) is 0 Å². The Kier molecular flexibility index (Phi) is 2.12. The molecule has 0 aromatic heterocycles. The molecule has 0 N–H and O–H groups in total. The van der Waals surface area contributed by atoms with Crippen molar-refractivity contribution in [1.29, 1.82) is 0 Å². The van der Waals surface area contributed by atoms with Gasteiger partial charge in [-0.1, -0.05) is 11.6 Å². The zero-order valence-electron chi connectivity index (χ0n) is 9.23. The highest BCUT2D eigenvalue weighted by Gasteiger charge is 2.36. The second-order valence-corrected chi connectivity index (χ2v) is 5.19. The van der Waals surface area contributed by atoms with Crippen molar-refractivity contribution in [1.82, 2.24) is 4.90 Å². The van der Waals surface area contributed by atoms with E-state index in [1.54, 1.807) is 0 Å². The molecule has 0 amide bonds. The number of hydrogen-bond donors (Lipinski definition) is 0. The summed E-state index contributed by atoms with van der Waals surface area (Å²) < 4.78 is 0. The molecule has 0 saturated carbocycles. The van der Waals surface area contributed by atoms with E-state index in [9.17, 15) is 0 Å². The van der Waals surface area contributed by atoms with E-state index in [0.717, 1.165) is 0 Å². The summed E-state index contributed by atoms with van der Waals surface area (Å²) in [4.78, 5) is 2.45. The summed E-state index contributed by atoms with van der Waals surface area (Å²) in [7, 11) is 2.21. The zero-order chi connectivity index (χ0) is 9.57. The van der Waals surface area contributed by atoms with Gasteiger partial charge in [0.25, 0.3) is 0 Å². The van der Waals surface area contributed by atoms with Gasteiger partial charge in [-0.25, -0.2) is 0 Å². The van der Waals surface area contributed by atoms with Gasteiger partial charge < -0.3 is 0 Å². The Hall–Kier alpha value is -0.300. The van der Waals surface area contributed by atoms with Gasteiger partial charge in [0.05, 0.1) is 0 Å². The highest BCUT2D eigenvalue weighted by atomic mass is 15.2. The summed E-state index contributed by atoms with van der Waals surface area (Å²) in [6.45, 7) is 11.4. The van der Waals surface area contributed by atoms with Crippen LogP contribution in [0.5, 0.6) is 0 Å². The number of nitrogens with zero attached hydrogens (tertiary/aromatic N) is 1. The minimum Gasteiger partial charge on any atom is -0.292 e. The van der Waals surface area contributed by atoms with Crippen LogP contribution in [0.4, 0.5) is 0 Å². The molecule has 0 radical (unpaired) electrons. The monoisotopic (exact) mass is 167 g/mol. The number of rotatable bonds is 0. The Morgan fingerprint density at radius 2 is 1.75 bits per heavy atom. The molecule has 0 atom stereocenters. The van der Waals surface area contributed by atoms with Crippen LogP contribution >= 0.6 is 0 Å². The zero-order valence-corrected chi connectivity index (χ0v) is 9.23. The molecular formula is C11H21N. The van der Waals surface area contributed by atoms with E-state index in [1.807, 2.05) is 0 Å². The topological polar surface area (TPSA) is 3.24 Å². The third-order valence-electron chi connectivity index (χ3n) is 3.08. The number of likely N-dealkylation sites (N-methyl/N-ethyl adjacent to an activating group) is 1. The van der Waals surface area contributed by atoms with E-state index >= 15 is 0 Å². The lowest BCUT2D eigenvalue weighted by molar-refractivity contribution is 0.0622. The van der Waals surface area contributed by atoms with Gasteiger partial charge in [-0.05, 0) is 48.1 Å². The van der Waals surface area contributed by atoms with E-state index in [2.05, 4.69) is 52.6 Å². The molecule has 0 aliphatic carbocycles. The maximum absolute atomic E-state index is 2.45. The van der Waals surface area contributed by atoms with E-state index in [0.29, 0.717) is 5.54 Å². The van der Waals surface area contributed by atoms with Crippen molar-refractivity contribution < 1.29 is 0 Å². The summed E-state index contributed by atoms with van der Waals surface area (Å²) in [6, 6.07) is 0. The summed E-state index contributed by atoms with van der Waals surface area (Å²) in [5.41, 5.74) is 2.04. The minimum absolute atomic E-state index is 0.214. The fourth-order valence-electron chi connectivity index (χ4n) is 2.33. The van der Waals surface area contributed by atoms with Crippen LogP contribution in [-0.4, -0.2) is 23.0 Å². The van der Waals surface area contributed by atoms with Crippen molar-refractivity contribution in [2.75, 3.05) is 7.05 Å². The normalized spacial score (nSPS) is 28.3. The quantitative estimate of drug-likeness (QED) is 0.501. The van der Waals surface area contributed by atoms with E-state index in [4.69, 9.17) is 0 Å². The van der Waals surface area contributed by atoms with Gasteiger partial charge in [0.2, 0.25) is 0 Å². The third kappa shape index (κ3) is 1.56. The number of hydrogen-bond acceptors (Lipinski definition) is 1. The molecule has 1 nitrogen and oxygen atoms in total. The molecule has 1 rings (SSSR count). The Morgan fingerprint density at radius 1 is 1.25 bits per heavy atom. The molecule has 0 aromatic carbocycles. The highest BCUT2D eigenvalue weighted by Crippen LogP contribution is 2.35. The molecule has 0 saturated heterocycles. The second-order valence-electron chi connectivity index (χ2n) is 5.19. The van der Waals surface area contributed by atoms with Crippen molar-refractivity contribution in [2.24, 2.45) is 0 Å².